The Morgan fingerprint density at radius 2 is 2.04 bits per heavy atom. The zero-order valence-corrected chi connectivity index (χ0v) is 14.8. The second kappa shape index (κ2) is 6.83. The van der Waals surface area contributed by atoms with Crippen LogP contribution in [-0.2, 0) is 11.3 Å². The summed E-state index contributed by atoms with van der Waals surface area (Å²) >= 11 is 1.73. The number of aromatic nitrogens is 3. The molecule has 2 aromatic heterocycles. The minimum absolute atomic E-state index is 0.0274. The number of nitrogens with zero attached hydrogens (tertiary/aromatic N) is 5. The highest BCUT2D eigenvalue weighted by atomic mass is 32.1. The first kappa shape index (κ1) is 16.6. The Labute approximate surface area is 153 Å². The molecule has 0 radical (unpaired) electrons. The molecule has 26 heavy (non-hydrogen) atoms. The van der Waals surface area contributed by atoms with Gasteiger partial charge >= 0.3 is 5.82 Å². The number of thiazole rings is 1. The standard InChI is InChI=1S/C17H17N5O3S/c23-16(11-21-10-7-15(19-21)22(24)25)20-8-5-12(6-9-20)17-18-13-3-1-2-4-14(13)26-17/h1-4,7,10,12H,5-6,8-9,11H2. The van der Waals surface area contributed by atoms with Crippen molar-refractivity contribution in [3.05, 3.63) is 51.7 Å². The van der Waals surface area contributed by atoms with Crippen molar-refractivity contribution in [1.29, 1.82) is 0 Å². The Bertz CT molecular complexity index is 925. The monoisotopic (exact) mass is 371 g/mol. The van der Waals surface area contributed by atoms with Crippen molar-refractivity contribution >= 4 is 33.3 Å². The fraction of sp³-hybridized carbons (Fsp3) is 0.353. The lowest BCUT2D eigenvalue weighted by atomic mass is 9.97. The smallest absolute Gasteiger partial charge is 0.358 e. The lowest BCUT2D eigenvalue weighted by molar-refractivity contribution is -0.389. The second-order valence-electron chi connectivity index (χ2n) is 6.30. The van der Waals surface area contributed by atoms with Gasteiger partial charge < -0.3 is 15.0 Å². The van der Waals surface area contributed by atoms with E-state index in [4.69, 9.17) is 4.98 Å². The molecule has 1 saturated heterocycles. The van der Waals surface area contributed by atoms with E-state index in [1.165, 1.54) is 21.6 Å². The van der Waals surface area contributed by atoms with Crippen molar-refractivity contribution in [1.82, 2.24) is 19.7 Å². The maximum atomic E-state index is 12.4. The van der Waals surface area contributed by atoms with Crippen LogP contribution in [0.2, 0.25) is 0 Å². The maximum absolute atomic E-state index is 12.4. The topological polar surface area (TPSA) is 94.2 Å². The predicted octanol–water partition coefficient (Wildman–Crippen LogP) is 2.81. The Kier molecular flexibility index (Phi) is 4.37. The quantitative estimate of drug-likeness (QED) is 0.519. The van der Waals surface area contributed by atoms with E-state index in [1.807, 2.05) is 18.2 Å². The van der Waals surface area contributed by atoms with Crippen LogP contribution in [0, 0.1) is 10.1 Å². The first-order valence-corrected chi connectivity index (χ1v) is 9.23. The summed E-state index contributed by atoms with van der Waals surface area (Å²) < 4.78 is 2.52. The number of likely N-dealkylation sites (tertiary alicyclic amines) is 1. The zero-order chi connectivity index (χ0) is 18.1. The summed E-state index contributed by atoms with van der Waals surface area (Å²) in [4.78, 5) is 29.0. The molecule has 1 aliphatic rings. The van der Waals surface area contributed by atoms with E-state index in [2.05, 4.69) is 11.2 Å². The highest BCUT2D eigenvalue weighted by Gasteiger charge is 2.26. The molecule has 1 fully saturated rings. The molecule has 9 heteroatoms. The lowest BCUT2D eigenvalue weighted by Crippen LogP contribution is -2.39. The van der Waals surface area contributed by atoms with Gasteiger partial charge in [-0.25, -0.2) is 4.98 Å². The molecule has 1 aliphatic heterocycles. The highest BCUT2D eigenvalue weighted by Crippen LogP contribution is 2.33. The largest absolute Gasteiger partial charge is 0.389 e. The number of benzene rings is 1. The van der Waals surface area contributed by atoms with Gasteiger partial charge in [0, 0.05) is 19.0 Å². The number of nitro groups is 1. The summed E-state index contributed by atoms with van der Waals surface area (Å²) in [5, 5.41) is 15.6. The molecule has 1 amide bonds. The van der Waals surface area contributed by atoms with Crippen LogP contribution in [0.4, 0.5) is 5.82 Å². The van der Waals surface area contributed by atoms with E-state index < -0.39 is 4.92 Å². The number of hydrogen-bond donors (Lipinski definition) is 0. The van der Waals surface area contributed by atoms with Crippen molar-refractivity contribution in [2.75, 3.05) is 13.1 Å². The lowest BCUT2D eigenvalue weighted by Gasteiger charge is -2.30. The first-order valence-electron chi connectivity index (χ1n) is 8.41. The van der Waals surface area contributed by atoms with E-state index in [9.17, 15) is 14.9 Å². The minimum atomic E-state index is -0.565. The number of carbonyl (C=O) groups excluding carboxylic acids is 1. The first-order chi connectivity index (χ1) is 12.6. The number of amides is 1. The Morgan fingerprint density at radius 3 is 2.73 bits per heavy atom. The highest BCUT2D eigenvalue weighted by molar-refractivity contribution is 7.18. The van der Waals surface area contributed by atoms with Crippen LogP contribution in [0.15, 0.2) is 36.5 Å². The van der Waals surface area contributed by atoms with Crippen molar-refractivity contribution < 1.29 is 9.72 Å². The van der Waals surface area contributed by atoms with Gasteiger partial charge in [0.1, 0.15) is 6.54 Å². The van der Waals surface area contributed by atoms with Crippen molar-refractivity contribution in [2.24, 2.45) is 0 Å². The molecule has 4 rings (SSSR count). The summed E-state index contributed by atoms with van der Waals surface area (Å²) in [5.74, 6) is 0.0698. The zero-order valence-electron chi connectivity index (χ0n) is 13.9. The van der Waals surface area contributed by atoms with Crippen LogP contribution in [0.1, 0.15) is 23.8 Å². The minimum Gasteiger partial charge on any atom is -0.358 e. The van der Waals surface area contributed by atoms with E-state index in [-0.39, 0.29) is 18.3 Å². The molecule has 3 aromatic rings. The third-order valence-electron chi connectivity index (χ3n) is 4.62. The third-order valence-corrected chi connectivity index (χ3v) is 5.82. The van der Waals surface area contributed by atoms with Gasteiger partial charge in [0.15, 0.2) is 0 Å². The van der Waals surface area contributed by atoms with E-state index >= 15 is 0 Å². The van der Waals surface area contributed by atoms with E-state index in [0.29, 0.717) is 19.0 Å². The van der Waals surface area contributed by atoms with Gasteiger partial charge in [0.25, 0.3) is 0 Å². The maximum Gasteiger partial charge on any atom is 0.389 e. The van der Waals surface area contributed by atoms with Gasteiger partial charge in [-0.05, 0) is 29.9 Å². The molecule has 8 nitrogen and oxygen atoms in total. The molecular formula is C17H17N5O3S. The van der Waals surface area contributed by atoms with Crippen LogP contribution >= 0.6 is 11.3 Å². The van der Waals surface area contributed by atoms with Gasteiger partial charge in [-0.3, -0.25) is 4.79 Å². The average Bonchev–Trinajstić information content (AvgIpc) is 3.28. The predicted molar refractivity (Wildman–Crippen MR) is 97.1 cm³/mol. The molecule has 0 spiro atoms. The average molecular weight is 371 g/mol. The fourth-order valence-electron chi connectivity index (χ4n) is 3.22. The molecule has 134 valence electrons. The van der Waals surface area contributed by atoms with Gasteiger partial charge in [0.2, 0.25) is 5.91 Å². The van der Waals surface area contributed by atoms with E-state index in [0.717, 1.165) is 23.4 Å². The molecule has 1 aromatic carbocycles. The second-order valence-corrected chi connectivity index (χ2v) is 7.37. The molecule has 3 heterocycles. The van der Waals surface area contributed by atoms with Gasteiger partial charge in [-0.2, -0.15) is 4.68 Å². The normalized spacial score (nSPS) is 15.5. The number of piperidine rings is 1. The Morgan fingerprint density at radius 1 is 1.27 bits per heavy atom. The Hall–Kier alpha value is -2.81. The number of carbonyl (C=O) groups is 1. The summed E-state index contributed by atoms with van der Waals surface area (Å²) in [6.07, 6.45) is 3.22. The SMILES string of the molecule is O=C(Cn1ccc([N+](=O)[O-])n1)N1CCC(c2nc3ccccc3s2)CC1. The summed E-state index contributed by atoms with van der Waals surface area (Å²) in [6, 6.07) is 9.42. The number of hydrogen-bond acceptors (Lipinski definition) is 6. The molecule has 0 saturated carbocycles. The summed E-state index contributed by atoms with van der Waals surface area (Å²) in [6.45, 7) is 1.37. The van der Waals surface area contributed by atoms with Crippen molar-refractivity contribution in [3.63, 3.8) is 0 Å². The van der Waals surface area contributed by atoms with E-state index in [1.54, 1.807) is 16.2 Å². The van der Waals surface area contributed by atoms with Crippen LogP contribution in [0.3, 0.4) is 0 Å². The Balaban J connectivity index is 1.36. The fourth-order valence-corrected chi connectivity index (χ4v) is 4.35. The molecule has 0 unspecified atom stereocenters. The van der Waals surface area contributed by atoms with Gasteiger partial charge in [0.05, 0.1) is 32.6 Å². The summed E-state index contributed by atoms with van der Waals surface area (Å²) in [5.41, 5.74) is 1.03. The van der Waals surface area contributed by atoms with Crippen molar-refractivity contribution in [2.45, 2.75) is 25.3 Å². The molecule has 0 N–H and O–H groups in total. The third kappa shape index (κ3) is 3.30. The molecule has 0 atom stereocenters. The number of fused-ring (bicyclic) bond motifs is 1. The van der Waals surface area contributed by atoms with Crippen LogP contribution < -0.4 is 0 Å². The summed E-state index contributed by atoms with van der Waals surface area (Å²) in [7, 11) is 0. The van der Waals surface area contributed by atoms with Crippen LogP contribution in [0.25, 0.3) is 10.2 Å². The number of para-hydroxylation sites is 1. The van der Waals surface area contributed by atoms with Gasteiger partial charge in [-0.15, -0.1) is 11.3 Å². The molecule has 0 aliphatic carbocycles. The molecule has 0 bridgehead atoms. The molecular weight excluding hydrogens is 354 g/mol. The number of rotatable bonds is 4. The van der Waals surface area contributed by atoms with Crippen molar-refractivity contribution in [3.8, 4) is 0 Å². The van der Waals surface area contributed by atoms with Crippen LogP contribution in [-0.4, -0.2) is 43.6 Å². The van der Waals surface area contributed by atoms with Gasteiger partial charge in [-0.1, -0.05) is 12.1 Å². The van der Waals surface area contributed by atoms with Crippen LogP contribution in [0.5, 0.6) is 0 Å².